The first-order chi connectivity index (χ1) is 21.4. The van der Waals surface area contributed by atoms with E-state index in [-0.39, 0.29) is 35.5 Å². The molecule has 0 bridgehead atoms. The van der Waals surface area contributed by atoms with Gasteiger partial charge in [0.1, 0.15) is 12.4 Å². The second kappa shape index (κ2) is 10.7. The van der Waals surface area contributed by atoms with Crippen molar-refractivity contribution in [2.45, 2.75) is 83.4 Å². The second-order valence-corrected chi connectivity index (χ2v) is 14.4. The van der Waals surface area contributed by atoms with Crippen molar-refractivity contribution in [2.24, 2.45) is 28.6 Å². The highest BCUT2D eigenvalue weighted by molar-refractivity contribution is 6.01. The zero-order valence-corrected chi connectivity index (χ0v) is 26.1. The quantitative estimate of drug-likeness (QED) is 0.387. The molecular formula is C37H42FNO6. The van der Waals surface area contributed by atoms with E-state index < -0.39 is 53.1 Å². The molecule has 0 unspecified atom stereocenters. The molecule has 1 heterocycles. The van der Waals surface area contributed by atoms with Crippen molar-refractivity contribution in [1.29, 1.82) is 0 Å². The molecule has 7 nitrogen and oxygen atoms in total. The van der Waals surface area contributed by atoms with Crippen LogP contribution in [0.4, 0.5) is 10.1 Å². The number of carbonyl (C=O) groups excluding carboxylic acids is 2. The van der Waals surface area contributed by atoms with E-state index in [1.165, 1.54) is 0 Å². The minimum atomic E-state index is -1.53. The summed E-state index contributed by atoms with van der Waals surface area (Å²) in [5.74, 6) is -1.05. The number of ether oxygens (including phenoxy) is 2. The number of allylic oxidation sites excluding steroid dienone is 4. The van der Waals surface area contributed by atoms with Crippen LogP contribution in [0.3, 0.4) is 0 Å². The Morgan fingerprint density at radius 1 is 1.18 bits per heavy atom. The minimum absolute atomic E-state index is 0.0249. The lowest BCUT2D eigenvalue weighted by Gasteiger charge is -2.59. The molecular weight excluding hydrogens is 573 g/mol. The third-order valence-electron chi connectivity index (χ3n) is 12.1. The fourth-order valence-corrected chi connectivity index (χ4v) is 10.1. The van der Waals surface area contributed by atoms with Gasteiger partial charge in [0.15, 0.2) is 23.5 Å². The lowest BCUT2D eigenvalue weighted by atomic mass is 9.46. The van der Waals surface area contributed by atoms with E-state index >= 15 is 4.39 Å². The van der Waals surface area contributed by atoms with Crippen LogP contribution in [0, 0.1) is 41.3 Å². The van der Waals surface area contributed by atoms with Gasteiger partial charge in [-0.25, -0.2) is 4.39 Å². The van der Waals surface area contributed by atoms with Crippen molar-refractivity contribution < 1.29 is 33.7 Å². The summed E-state index contributed by atoms with van der Waals surface area (Å²) in [5, 5.41) is 22.2. The molecule has 9 atom stereocenters. The van der Waals surface area contributed by atoms with E-state index in [1.807, 2.05) is 43.3 Å². The summed E-state index contributed by atoms with van der Waals surface area (Å²) in [5.41, 5.74) is 7.24. The highest BCUT2D eigenvalue weighted by Gasteiger charge is 2.76. The van der Waals surface area contributed by atoms with Crippen LogP contribution in [0.5, 0.6) is 0 Å². The van der Waals surface area contributed by atoms with Gasteiger partial charge in [0.05, 0.1) is 12.2 Å². The van der Waals surface area contributed by atoms with Gasteiger partial charge in [-0.15, -0.1) is 0 Å². The first-order valence-electron chi connectivity index (χ1n) is 16.1. The summed E-state index contributed by atoms with van der Waals surface area (Å²) < 4.78 is 29.5. The number of aliphatic hydroxyl groups excluding tert-OH is 2. The van der Waals surface area contributed by atoms with E-state index in [4.69, 9.17) is 15.2 Å². The van der Waals surface area contributed by atoms with Gasteiger partial charge in [0, 0.05) is 28.0 Å². The van der Waals surface area contributed by atoms with Gasteiger partial charge in [0.25, 0.3) is 0 Å². The normalized spacial score (nSPS) is 38.3. The Morgan fingerprint density at radius 3 is 2.73 bits per heavy atom. The minimum Gasteiger partial charge on any atom is -0.399 e. The highest BCUT2D eigenvalue weighted by Crippen LogP contribution is 2.70. The molecule has 1 saturated heterocycles. The molecule has 0 amide bonds. The average molecular weight is 616 g/mol. The van der Waals surface area contributed by atoms with Crippen molar-refractivity contribution in [2.75, 3.05) is 12.3 Å². The number of fused-ring (bicyclic) bond motifs is 7. The first-order valence-corrected chi connectivity index (χ1v) is 16.1. The van der Waals surface area contributed by atoms with Crippen LogP contribution in [-0.2, 0) is 31.9 Å². The maximum atomic E-state index is 16.3. The number of rotatable bonds is 6. The molecule has 4 fully saturated rings. The van der Waals surface area contributed by atoms with Crippen LogP contribution in [-0.4, -0.2) is 46.2 Å². The van der Waals surface area contributed by atoms with Gasteiger partial charge in [0.2, 0.25) is 0 Å². The molecule has 3 saturated carbocycles. The SMILES string of the molecule is Cc1ccc(CCc2cccc(N)c2)c(F)c1[C@H]1O[C@@H]2C[C@H]3[C@@H]4CCC5=CC(=O)C=C[C@]5(C)[C@H]4[C@@H](O)C[C@]3(C)[C@]2(C(=O)CO)O1. The maximum Gasteiger partial charge on any atom is 0.193 e. The molecule has 5 aliphatic rings. The fraction of sp³-hybridized carbons (Fsp3) is 0.514. The van der Waals surface area contributed by atoms with Gasteiger partial charge >= 0.3 is 0 Å². The molecule has 7 rings (SSSR count). The number of hydrogen-bond acceptors (Lipinski definition) is 7. The lowest BCUT2D eigenvalue weighted by Crippen LogP contribution is -2.63. The molecule has 0 spiro atoms. The van der Waals surface area contributed by atoms with Crippen molar-refractivity contribution in [1.82, 2.24) is 0 Å². The highest BCUT2D eigenvalue weighted by atomic mass is 19.1. The number of aryl methyl sites for hydroxylation is 3. The number of aliphatic hydroxyl groups is 2. The van der Waals surface area contributed by atoms with Crippen molar-refractivity contribution >= 4 is 17.3 Å². The molecule has 4 aliphatic carbocycles. The van der Waals surface area contributed by atoms with E-state index in [2.05, 4.69) is 6.92 Å². The number of anilines is 1. The molecule has 8 heteroatoms. The van der Waals surface area contributed by atoms with Crippen LogP contribution in [0.25, 0.3) is 0 Å². The molecule has 0 aromatic heterocycles. The third-order valence-corrected chi connectivity index (χ3v) is 12.1. The Morgan fingerprint density at radius 2 is 1.98 bits per heavy atom. The largest absolute Gasteiger partial charge is 0.399 e. The van der Waals surface area contributed by atoms with Gasteiger partial charge in [-0.3, -0.25) is 9.59 Å². The average Bonchev–Trinajstić information content (AvgIpc) is 3.49. The lowest BCUT2D eigenvalue weighted by molar-refractivity contribution is -0.201. The van der Waals surface area contributed by atoms with Crippen molar-refractivity contribution in [3.05, 3.63) is 88.3 Å². The molecule has 1 aliphatic heterocycles. The summed E-state index contributed by atoms with van der Waals surface area (Å²) >= 11 is 0. The number of Topliss-reactive ketones (excluding diaryl/α,β-unsaturated/α-hetero) is 1. The molecule has 2 aromatic carbocycles. The van der Waals surface area contributed by atoms with E-state index in [0.29, 0.717) is 36.1 Å². The number of hydrogen-bond donors (Lipinski definition) is 3. The fourth-order valence-electron chi connectivity index (χ4n) is 10.1. The van der Waals surface area contributed by atoms with Gasteiger partial charge < -0.3 is 25.4 Å². The van der Waals surface area contributed by atoms with Gasteiger partial charge in [-0.1, -0.05) is 49.8 Å². The van der Waals surface area contributed by atoms with Gasteiger partial charge in [-0.2, -0.15) is 0 Å². The predicted molar refractivity (Wildman–Crippen MR) is 166 cm³/mol. The number of halogens is 1. The van der Waals surface area contributed by atoms with Crippen LogP contribution in [0.1, 0.15) is 68.1 Å². The molecule has 2 aromatic rings. The summed E-state index contributed by atoms with van der Waals surface area (Å²) in [7, 11) is 0. The molecule has 4 N–H and O–H groups in total. The van der Waals surface area contributed by atoms with Crippen molar-refractivity contribution in [3.63, 3.8) is 0 Å². The third kappa shape index (κ3) is 4.36. The standard InChI is InChI=1S/C37H42FNO6/c1-20-7-9-22(10-8-21-5-4-6-24(39)15-21)33(38)31(20)34-44-30-17-27-26-12-11-23-16-25(41)13-14-35(23,2)32(26)28(42)18-36(27,3)37(30,45-34)29(43)19-40/h4-7,9,13-16,26-28,30,32,34,40,42H,8,10-12,17-19,39H2,1-3H3/t26-,27-,28-,30+,32+,34-,35-,36-,37+/m0/s1. The van der Waals surface area contributed by atoms with Crippen LogP contribution >= 0.6 is 0 Å². The Kier molecular flexibility index (Phi) is 7.24. The van der Waals surface area contributed by atoms with Crippen molar-refractivity contribution in [3.8, 4) is 0 Å². The zero-order chi connectivity index (χ0) is 31.9. The number of ketones is 2. The number of benzene rings is 2. The maximum absolute atomic E-state index is 16.3. The Balaban J connectivity index is 1.21. The number of carbonyl (C=O) groups is 2. The van der Waals surface area contributed by atoms with Gasteiger partial charge in [-0.05, 0) is 98.3 Å². The Labute approximate surface area is 263 Å². The monoisotopic (exact) mass is 615 g/mol. The van der Waals surface area contributed by atoms with E-state index in [9.17, 15) is 19.8 Å². The molecule has 45 heavy (non-hydrogen) atoms. The Hall–Kier alpha value is -3.17. The Bertz CT molecular complexity index is 1630. The van der Waals surface area contributed by atoms with E-state index in [0.717, 1.165) is 24.0 Å². The summed E-state index contributed by atoms with van der Waals surface area (Å²) in [6.07, 6.45) is 5.98. The molecule has 0 radical (unpaired) electrons. The summed E-state index contributed by atoms with van der Waals surface area (Å²) in [4.78, 5) is 26.1. The second-order valence-electron chi connectivity index (χ2n) is 14.4. The van der Waals surface area contributed by atoms with Crippen LogP contribution < -0.4 is 5.73 Å². The number of nitrogens with two attached hydrogens (primary N) is 1. The predicted octanol–water partition coefficient (Wildman–Crippen LogP) is 5.10. The zero-order valence-electron chi connectivity index (χ0n) is 26.1. The number of nitrogen functional groups attached to an aromatic ring is 1. The van der Waals surface area contributed by atoms with Crippen LogP contribution in [0.15, 0.2) is 60.2 Å². The summed E-state index contributed by atoms with van der Waals surface area (Å²) in [6, 6.07) is 11.2. The first kappa shape index (κ1) is 30.5. The van der Waals surface area contributed by atoms with E-state index in [1.54, 1.807) is 25.1 Å². The smallest absolute Gasteiger partial charge is 0.193 e. The van der Waals surface area contributed by atoms with Crippen LogP contribution in [0.2, 0.25) is 0 Å². The topological polar surface area (TPSA) is 119 Å². The molecule has 238 valence electrons. The summed E-state index contributed by atoms with van der Waals surface area (Å²) in [6.45, 7) is 5.15.